The molecule has 1 aromatic carbocycles. The molecule has 1 heterocycles. The second kappa shape index (κ2) is 3.58. The van der Waals surface area contributed by atoms with Gasteiger partial charge in [0, 0.05) is 4.47 Å². The van der Waals surface area contributed by atoms with Crippen LogP contribution in [0, 0.1) is 10.6 Å². The Morgan fingerprint density at radius 1 is 1.50 bits per heavy atom. The number of aromatic nitrogens is 4. The smallest absolute Gasteiger partial charge is 0.205 e. The van der Waals surface area contributed by atoms with Crippen molar-refractivity contribution in [2.45, 2.75) is 0 Å². The first kappa shape index (κ1) is 9.47. The highest BCUT2D eigenvalue weighted by atomic mass is 79.9. The van der Waals surface area contributed by atoms with Crippen LogP contribution in [0.2, 0.25) is 0 Å². The fourth-order valence-corrected chi connectivity index (χ4v) is 1.74. The zero-order valence-corrected chi connectivity index (χ0v) is 9.14. The van der Waals surface area contributed by atoms with E-state index in [1.807, 2.05) is 0 Å². The molecule has 0 saturated carbocycles. The Kier molecular flexibility index (Phi) is 2.42. The summed E-state index contributed by atoms with van der Waals surface area (Å²) in [5.74, 6) is -0.401. The van der Waals surface area contributed by atoms with E-state index in [1.54, 1.807) is 12.1 Å². The van der Waals surface area contributed by atoms with E-state index in [4.69, 9.17) is 12.2 Å². The molecule has 0 bridgehead atoms. The first-order valence-electron chi connectivity index (χ1n) is 3.64. The lowest BCUT2D eigenvalue weighted by Gasteiger charge is -2.04. The number of nitrogens with zero attached hydrogens (tertiary/aromatic N) is 3. The average molecular weight is 275 g/mol. The molecule has 1 N–H and O–H groups in total. The standard InChI is InChI=1S/C7H4BrFN4S/c8-4-2-1-3-5(9)6(4)13-7(14)10-11-12-13/h1-3H,(H,10,12,14). The highest BCUT2D eigenvalue weighted by Crippen LogP contribution is 2.22. The van der Waals surface area contributed by atoms with Crippen LogP contribution in [0.5, 0.6) is 0 Å². The summed E-state index contributed by atoms with van der Waals surface area (Å²) in [4.78, 5) is 0. The van der Waals surface area contributed by atoms with Crippen LogP contribution in [0.3, 0.4) is 0 Å². The fourth-order valence-electron chi connectivity index (χ4n) is 1.05. The molecule has 0 fully saturated rings. The Bertz CT molecular complexity index is 500. The molecule has 2 aromatic rings. The molecular weight excluding hydrogens is 271 g/mol. The molecule has 72 valence electrons. The molecule has 0 aliphatic heterocycles. The minimum Gasteiger partial charge on any atom is -0.205 e. The quantitative estimate of drug-likeness (QED) is 0.812. The number of halogens is 2. The van der Waals surface area contributed by atoms with Crippen molar-refractivity contribution in [1.82, 2.24) is 20.2 Å². The minimum atomic E-state index is -0.401. The van der Waals surface area contributed by atoms with Crippen molar-refractivity contribution in [3.05, 3.63) is 33.3 Å². The third kappa shape index (κ3) is 1.48. The summed E-state index contributed by atoms with van der Waals surface area (Å²) in [5, 5.41) is 9.52. The number of H-pyrrole nitrogens is 1. The number of hydrogen-bond acceptors (Lipinski definition) is 3. The van der Waals surface area contributed by atoms with Crippen molar-refractivity contribution in [3.63, 3.8) is 0 Å². The van der Waals surface area contributed by atoms with Gasteiger partial charge in [-0.1, -0.05) is 16.4 Å². The number of tetrazole rings is 1. The van der Waals surface area contributed by atoms with Gasteiger partial charge in [-0.05, 0) is 40.3 Å². The Balaban J connectivity index is 2.74. The predicted molar refractivity (Wildman–Crippen MR) is 54.2 cm³/mol. The minimum absolute atomic E-state index is 0.177. The van der Waals surface area contributed by atoms with Gasteiger partial charge in [-0.15, -0.1) is 0 Å². The maximum atomic E-state index is 13.4. The van der Waals surface area contributed by atoms with E-state index >= 15 is 0 Å². The lowest BCUT2D eigenvalue weighted by Crippen LogP contribution is -2.01. The van der Waals surface area contributed by atoms with Crippen LogP contribution in [0.4, 0.5) is 4.39 Å². The van der Waals surface area contributed by atoms with Crippen LogP contribution >= 0.6 is 28.1 Å². The number of aromatic amines is 1. The molecule has 0 amide bonds. The van der Waals surface area contributed by atoms with Crippen molar-refractivity contribution >= 4 is 28.1 Å². The number of para-hydroxylation sites is 1. The summed E-state index contributed by atoms with van der Waals surface area (Å²) < 4.78 is 15.5. The van der Waals surface area contributed by atoms with Crippen molar-refractivity contribution in [1.29, 1.82) is 0 Å². The Labute approximate surface area is 91.9 Å². The van der Waals surface area contributed by atoms with Gasteiger partial charge in [0.2, 0.25) is 4.77 Å². The van der Waals surface area contributed by atoms with Gasteiger partial charge in [-0.2, -0.15) is 5.21 Å². The summed E-state index contributed by atoms with van der Waals surface area (Å²) in [7, 11) is 0. The Hall–Kier alpha value is -1.08. The van der Waals surface area contributed by atoms with E-state index in [-0.39, 0.29) is 10.5 Å². The zero-order valence-electron chi connectivity index (χ0n) is 6.74. The molecular formula is C7H4BrFN4S. The largest absolute Gasteiger partial charge is 0.243 e. The van der Waals surface area contributed by atoms with Crippen molar-refractivity contribution in [3.8, 4) is 5.69 Å². The lowest BCUT2D eigenvalue weighted by atomic mass is 10.3. The molecule has 1 aromatic heterocycles. The van der Waals surface area contributed by atoms with Gasteiger partial charge >= 0.3 is 0 Å². The second-order valence-electron chi connectivity index (χ2n) is 2.49. The topological polar surface area (TPSA) is 46.5 Å². The number of rotatable bonds is 1. The monoisotopic (exact) mass is 274 g/mol. The van der Waals surface area contributed by atoms with Crippen molar-refractivity contribution in [2.75, 3.05) is 0 Å². The maximum Gasteiger partial charge on any atom is 0.243 e. The van der Waals surface area contributed by atoms with Crippen LogP contribution in [0.15, 0.2) is 22.7 Å². The van der Waals surface area contributed by atoms with Crippen LogP contribution in [-0.2, 0) is 0 Å². The van der Waals surface area contributed by atoms with E-state index in [0.29, 0.717) is 4.47 Å². The summed E-state index contributed by atoms with van der Waals surface area (Å²) in [6, 6.07) is 4.64. The van der Waals surface area contributed by atoms with Gasteiger partial charge in [0.25, 0.3) is 0 Å². The molecule has 4 nitrogen and oxygen atoms in total. The Morgan fingerprint density at radius 2 is 2.29 bits per heavy atom. The van der Waals surface area contributed by atoms with E-state index in [9.17, 15) is 4.39 Å². The summed E-state index contributed by atoms with van der Waals surface area (Å²) in [6.07, 6.45) is 0. The highest BCUT2D eigenvalue weighted by Gasteiger charge is 2.10. The maximum absolute atomic E-state index is 13.4. The number of nitrogens with one attached hydrogen (secondary N) is 1. The predicted octanol–water partition coefficient (Wildman–Crippen LogP) is 2.23. The highest BCUT2D eigenvalue weighted by molar-refractivity contribution is 9.10. The molecule has 0 radical (unpaired) electrons. The molecule has 0 aliphatic carbocycles. The van der Waals surface area contributed by atoms with Gasteiger partial charge in [-0.3, -0.25) is 0 Å². The van der Waals surface area contributed by atoms with Gasteiger partial charge in [0.1, 0.15) is 11.5 Å². The summed E-state index contributed by atoms with van der Waals surface area (Å²) in [6.45, 7) is 0. The van der Waals surface area contributed by atoms with E-state index in [1.165, 1.54) is 10.7 Å². The second-order valence-corrected chi connectivity index (χ2v) is 3.71. The van der Waals surface area contributed by atoms with Crippen LogP contribution in [0.25, 0.3) is 5.69 Å². The SMILES string of the molecule is Fc1cccc(Br)c1-n1[nH]nnc1=S. The van der Waals surface area contributed by atoms with Crippen LogP contribution in [-0.4, -0.2) is 20.2 Å². The number of benzene rings is 1. The molecule has 0 saturated heterocycles. The molecule has 0 spiro atoms. The zero-order chi connectivity index (χ0) is 10.1. The van der Waals surface area contributed by atoms with Gasteiger partial charge in [0.05, 0.1) is 0 Å². The third-order valence-electron chi connectivity index (χ3n) is 1.63. The number of hydrogen-bond donors (Lipinski definition) is 1. The van der Waals surface area contributed by atoms with Gasteiger partial charge in [-0.25, -0.2) is 9.07 Å². The Morgan fingerprint density at radius 3 is 2.86 bits per heavy atom. The van der Waals surface area contributed by atoms with E-state index < -0.39 is 5.82 Å². The van der Waals surface area contributed by atoms with E-state index in [0.717, 1.165) is 0 Å². The summed E-state index contributed by atoms with van der Waals surface area (Å²) in [5.41, 5.74) is 0.280. The molecule has 2 rings (SSSR count). The van der Waals surface area contributed by atoms with Crippen LogP contribution < -0.4 is 0 Å². The van der Waals surface area contributed by atoms with Crippen LogP contribution in [0.1, 0.15) is 0 Å². The molecule has 0 atom stereocenters. The summed E-state index contributed by atoms with van der Waals surface area (Å²) >= 11 is 8.08. The molecule has 0 unspecified atom stereocenters. The fraction of sp³-hybridized carbons (Fsp3) is 0. The first-order valence-corrected chi connectivity index (χ1v) is 4.85. The van der Waals surface area contributed by atoms with Gasteiger partial charge in [0.15, 0.2) is 0 Å². The lowest BCUT2D eigenvalue weighted by molar-refractivity contribution is 0.604. The average Bonchev–Trinajstić information content (AvgIpc) is 2.52. The first-order chi connectivity index (χ1) is 6.70. The normalized spacial score (nSPS) is 10.4. The third-order valence-corrected chi connectivity index (χ3v) is 2.54. The van der Waals surface area contributed by atoms with Crippen molar-refractivity contribution in [2.24, 2.45) is 0 Å². The molecule has 0 aliphatic rings. The van der Waals surface area contributed by atoms with Crippen molar-refractivity contribution < 1.29 is 4.39 Å². The van der Waals surface area contributed by atoms with Gasteiger partial charge < -0.3 is 0 Å². The molecule has 14 heavy (non-hydrogen) atoms. The van der Waals surface area contributed by atoms with E-state index in [2.05, 4.69) is 31.5 Å². The molecule has 7 heteroatoms.